The highest BCUT2D eigenvalue weighted by Gasteiger charge is 2.38. The molecule has 116 valence electrons. The molecule has 1 atom stereocenters. The molecule has 0 aromatic heterocycles. The summed E-state index contributed by atoms with van der Waals surface area (Å²) >= 11 is 1.58. The molecule has 1 saturated carbocycles. The van der Waals surface area contributed by atoms with E-state index >= 15 is 0 Å². The maximum atomic E-state index is 12.3. The van der Waals surface area contributed by atoms with Crippen LogP contribution in [-0.4, -0.2) is 46.8 Å². The van der Waals surface area contributed by atoms with Crippen molar-refractivity contribution in [1.82, 2.24) is 10.2 Å². The Bertz CT molecular complexity index is 444. The second kappa shape index (κ2) is 6.81. The normalized spacial score (nSPS) is 27.6. The summed E-state index contributed by atoms with van der Waals surface area (Å²) in [6.45, 7) is 1.37. The van der Waals surface area contributed by atoms with Crippen molar-refractivity contribution in [2.45, 2.75) is 51.0 Å². The van der Waals surface area contributed by atoms with Crippen LogP contribution in [0.2, 0.25) is 0 Å². The van der Waals surface area contributed by atoms with Crippen LogP contribution in [-0.2, 0) is 9.59 Å². The molecular formula is C15H23N3O2S. The zero-order valence-electron chi connectivity index (χ0n) is 12.3. The number of amides is 2. The quantitative estimate of drug-likeness (QED) is 0.791. The first kappa shape index (κ1) is 14.9. The van der Waals surface area contributed by atoms with E-state index in [4.69, 9.17) is 0 Å². The van der Waals surface area contributed by atoms with E-state index in [0.29, 0.717) is 19.0 Å². The second-order valence-corrected chi connectivity index (χ2v) is 7.20. The number of amidine groups is 1. The topological polar surface area (TPSA) is 61.8 Å². The number of nitrogens with zero attached hydrogens (tertiary/aromatic N) is 2. The average Bonchev–Trinajstić information content (AvgIpc) is 3.02. The summed E-state index contributed by atoms with van der Waals surface area (Å²) in [6, 6.07) is 0.357. The SMILES string of the molecule is O=C(NC1=NCCS1)[C@@H]1CC(=O)N(C2CCCCCC2)C1. The third-order valence-electron chi connectivity index (χ3n) is 4.61. The molecule has 6 heteroatoms. The molecule has 1 N–H and O–H groups in total. The monoisotopic (exact) mass is 309 g/mol. The van der Waals surface area contributed by atoms with Crippen LogP contribution in [0.4, 0.5) is 0 Å². The van der Waals surface area contributed by atoms with Crippen LogP contribution in [0.15, 0.2) is 4.99 Å². The van der Waals surface area contributed by atoms with Gasteiger partial charge in [-0.25, -0.2) is 0 Å². The van der Waals surface area contributed by atoms with Crippen molar-refractivity contribution < 1.29 is 9.59 Å². The number of thioether (sulfide) groups is 1. The van der Waals surface area contributed by atoms with Gasteiger partial charge in [0, 0.05) is 24.8 Å². The first-order chi connectivity index (χ1) is 10.2. The first-order valence-electron chi connectivity index (χ1n) is 8.01. The number of rotatable bonds is 2. The molecule has 2 amide bonds. The Labute approximate surface area is 129 Å². The third kappa shape index (κ3) is 3.59. The van der Waals surface area contributed by atoms with E-state index in [-0.39, 0.29) is 17.7 Å². The summed E-state index contributed by atoms with van der Waals surface area (Å²) in [5.74, 6) is 0.855. The predicted molar refractivity (Wildman–Crippen MR) is 84.2 cm³/mol. The van der Waals surface area contributed by atoms with Crippen LogP contribution in [0.5, 0.6) is 0 Å². The summed E-state index contributed by atoms with van der Waals surface area (Å²) in [5, 5.41) is 3.59. The van der Waals surface area contributed by atoms with Crippen molar-refractivity contribution in [3.8, 4) is 0 Å². The van der Waals surface area contributed by atoms with E-state index in [1.807, 2.05) is 4.90 Å². The molecule has 3 aliphatic rings. The van der Waals surface area contributed by atoms with E-state index < -0.39 is 0 Å². The molecule has 2 heterocycles. The first-order valence-corrected chi connectivity index (χ1v) is 9.00. The molecule has 0 bridgehead atoms. The Morgan fingerprint density at radius 1 is 1.24 bits per heavy atom. The van der Waals surface area contributed by atoms with Crippen LogP contribution in [0.25, 0.3) is 0 Å². The maximum Gasteiger partial charge on any atom is 0.231 e. The summed E-state index contributed by atoms with van der Waals surface area (Å²) in [7, 11) is 0. The van der Waals surface area contributed by atoms with Gasteiger partial charge in [0.25, 0.3) is 0 Å². The van der Waals surface area contributed by atoms with Crippen LogP contribution in [0.3, 0.4) is 0 Å². The second-order valence-electron chi connectivity index (χ2n) is 6.12. The minimum absolute atomic E-state index is 0.0346. The van der Waals surface area contributed by atoms with Gasteiger partial charge in [-0.05, 0) is 12.8 Å². The number of hydrogen-bond donors (Lipinski definition) is 1. The van der Waals surface area contributed by atoms with Crippen molar-refractivity contribution in [3.63, 3.8) is 0 Å². The van der Waals surface area contributed by atoms with Gasteiger partial charge in [-0.3, -0.25) is 14.6 Å². The fraction of sp³-hybridized carbons (Fsp3) is 0.800. The van der Waals surface area contributed by atoms with E-state index in [1.165, 1.54) is 25.7 Å². The van der Waals surface area contributed by atoms with E-state index in [9.17, 15) is 9.59 Å². The van der Waals surface area contributed by atoms with Crippen molar-refractivity contribution in [2.75, 3.05) is 18.8 Å². The molecule has 0 aromatic carbocycles. The smallest absolute Gasteiger partial charge is 0.231 e. The minimum atomic E-state index is -0.204. The van der Waals surface area contributed by atoms with Crippen molar-refractivity contribution >= 4 is 28.7 Å². The highest BCUT2D eigenvalue weighted by Crippen LogP contribution is 2.28. The summed E-state index contributed by atoms with van der Waals surface area (Å²) < 4.78 is 0. The Kier molecular flexibility index (Phi) is 4.83. The highest BCUT2D eigenvalue weighted by atomic mass is 32.2. The molecule has 0 spiro atoms. The lowest BCUT2D eigenvalue weighted by Gasteiger charge is -2.27. The Morgan fingerprint density at radius 3 is 2.67 bits per heavy atom. The lowest BCUT2D eigenvalue weighted by molar-refractivity contribution is -0.130. The lowest BCUT2D eigenvalue weighted by atomic mass is 10.1. The summed E-state index contributed by atoms with van der Waals surface area (Å²) in [5.41, 5.74) is 0. The number of aliphatic imine (C=N–C) groups is 1. The van der Waals surface area contributed by atoms with Crippen LogP contribution in [0.1, 0.15) is 44.9 Å². The summed E-state index contributed by atoms with van der Waals surface area (Å²) in [6.07, 6.45) is 7.53. The lowest BCUT2D eigenvalue weighted by Crippen LogP contribution is -2.38. The zero-order valence-corrected chi connectivity index (χ0v) is 13.2. The van der Waals surface area contributed by atoms with Gasteiger partial charge in [0.05, 0.1) is 12.5 Å². The highest BCUT2D eigenvalue weighted by molar-refractivity contribution is 8.14. The standard InChI is InChI=1S/C15H23N3O2S/c19-13-9-11(14(20)17-15-16-7-8-21-15)10-18(13)12-5-3-1-2-4-6-12/h11-12H,1-10H2,(H,16,17,20)/t11-/m1/s1. The van der Waals surface area contributed by atoms with Gasteiger partial charge in [0.2, 0.25) is 11.8 Å². The molecule has 2 aliphatic heterocycles. The van der Waals surface area contributed by atoms with Gasteiger partial charge < -0.3 is 10.2 Å². The third-order valence-corrected chi connectivity index (χ3v) is 5.50. The maximum absolute atomic E-state index is 12.3. The van der Waals surface area contributed by atoms with Gasteiger partial charge in [0.15, 0.2) is 5.17 Å². The molecule has 0 unspecified atom stereocenters. The van der Waals surface area contributed by atoms with Crippen molar-refractivity contribution in [2.24, 2.45) is 10.9 Å². The Hall–Kier alpha value is -1.04. The molecule has 21 heavy (non-hydrogen) atoms. The van der Waals surface area contributed by atoms with Gasteiger partial charge in [0.1, 0.15) is 0 Å². The van der Waals surface area contributed by atoms with Crippen molar-refractivity contribution in [3.05, 3.63) is 0 Å². The Morgan fingerprint density at radius 2 is 2.00 bits per heavy atom. The van der Waals surface area contributed by atoms with Crippen LogP contribution in [0, 0.1) is 5.92 Å². The molecule has 0 radical (unpaired) electrons. The van der Waals surface area contributed by atoms with Gasteiger partial charge in [-0.2, -0.15) is 0 Å². The fourth-order valence-corrected chi connectivity index (χ4v) is 4.18. The van der Waals surface area contributed by atoms with Gasteiger partial charge in [-0.1, -0.05) is 37.4 Å². The molecule has 1 aliphatic carbocycles. The van der Waals surface area contributed by atoms with E-state index in [0.717, 1.165) is 30.3 Å². The predicted octanol–water partition coefficient (Wildman–Crippen LogP) is 1.78. The molecular weight excluding hydrogens is 286 g/mol. The largest absolute Gasteiger partial charge is 0.339 e. The van der Waals surface area contributed by atoms with E-state index in [2.05, 4.69) is 10.3 Å². The zero-order chi connectivity index (χ0) is 14.7. The van der Waals surface area contributed by atoms with Crippen LogP contribution < -0.4 is 5.32 Å². The molecule has 2 fully saturated rings. The average molecular weight is 309 g/mol. The van der Waals surface area contributed by atoms with Gasteiger partial charge in [-0.15, -0.1) is 0 Å². The molecule has 0 aromatic rings. The number of carbonyl (C=O) groups is 2. The van der Waals surface area contributed by atoms with Crippen molar-refractivity contribution in [1.29, 1.82) is 0 Å². The van der Waals surface area contributed by atoms with Crippen LogP contribution >= 0.6 is 11.8 Å². The summed E-state index contributed by atoms with van der Waals surface area (Å²) in [4.78, 5) is 30.7. The molecule has 1 saturated heterocycles. The number of likely N-dealkylation sites (tertiary alicyclic amines) is 1. The minimum Gasteiger partial charge on any atom is -0.339 e. The number of carbonyl (C=O) groups excluding carboxylic acids is 2. The molecule has 5 nitrogen and oxygen atoms in total. The Balaban J connectivity index is 1.57. The fourth-order valence-electron chi connectivity index (χ4n) is 3.45. The van der Waals surface area contributed by atoms with Gasteiger partial charge >= 0.3 is 0 Å². The number of nitrogens with one attached hydrogen (secondary N) is 1. The molecule has 3 rings (SSSR count). The van der Waals surface area contributed by atoms with E-state index in [1.54, 1.807) is 11.8 Å². The number of hydrogen-bond acceptors (Lipinski definition) is 4.